The standard InChI is InChI=1S/C14H16F3N3S/c1-19-5-4-9(7-19)8-20-12-3-2-10(14(15,16)17)6-11(12)18-13(20)21/h2-3,6,9H,4-5,7-8H2,1H3,(H,18,21). The zero-order valence-corrected chi connectivity index (χ0v) is 12.4. The highest BCUT2D eigenvalue weighted by atomic mass is 32.1. The van der Waals surface area contributed by atoms with Gasteiger partial charge in [-0.1, -0.05) is 0 Å². The molecule has 0 saturated carbocycles. The molecule has 114 valence electrons. The number of imidazole rings is 1. The molecular weight excluding hydrogens is 299 g/mol. The topological polar surface area (TPSA) is 24.0 Å². The van der Waals surface area contributed by atoms with Crippen LogP contribution in [-0.4, -0.2) is 34.6 Å². The van der Waals surface area contributed by atoms with Gasteiger partial charge >= 0.3 is 6.18 Å². The molecule has 2 heterocycles. The SMILES string of the molecule is CN1CCC(Cn2c(=S)[nH]c3cc(C(F)(F)F)ccc32)C1. The predicted octanol–water partition coefficient (Wildman–Crippen LogP) is 3.67. The molecule has 1 unspecified atom stereocenters. The first kappa shape index (κ1) is 14.6. The van der Waals surface area contributed by atoms with Crippen molar-refractivity contribution in [3.63, 3.8) is 0 Å². The van der Waals surface area contributed by atoms with Crippen LogP contribution in [0.1, 0.15) is 12.0 Å². The fourth-order valence-electron chi connectivity index (χ4n) is 2.95. The number of halogens is 3. The van der Waals surface area contributed by atoms with E-state index in [0.717, 1.165) is 43.7 Å². The summed E-state index contributed by atoms with van der Waals surface area (Å²) < 4.78 is 40.6. The van der Waals surface area contributed by atoms with E-state index >= 15 is 0 Å². The summed E-state index contributed by atoms with van der Waals surface area (Å²) in [6.07, 6.45) is -3.24. The molecule has 21 heavy (non-hydrogen) atoms. The molecule has 0 radical (unpaired) electrons. The number of rotatable bonds is 2. The largest absolute Gasteiger partial charge is 0.416 e. The Morgan fingerprint density at radius 2 is 2.14 bits per heavy atom. The van der Waals surface area contributed by atoms with E-state index in [1.165, 1.54) is 6.07 Å². The van der Waals surface area contributed by atoms with Crippen molar-refractivity contribution < 1.29 is 13.2 Å². The molecule has 7 heteroatoms. The van der Waals surface area contributed by atoms with Crippen molar-refractivity contribution in [1.82, 2.24) is 14.5 Å². The summed E-state index contributed by atoms with van der Waals surface area (Å²) >= 11 is 5.27. The second-order valence-electron chi connectivity index (χ2n) is 5.69. The number of alkyl halides is 3. The minimum Gasteiger partial charge on any atom is -0.331 e. The Labute approximate surface area is 125 Å². The van der Waals surface area contributed by atoms with Crippen LogP contribution in [0.25, 0.3) is 11.0 Å². The van der Waals surface area contributed by atoms with Crippen molar-refractivity contribution in [1.29, 1.82) is 0 Å². The Morgan fingerprint density at radius 3 is 2.76 bits per heavy atom. The van der Waals surface area contributed by atoms with Gasteiger partial charge in [0.1, 0.15) is 0 Å². The maximum atomic E-state index is 12.7. The van der Waals surface area contributed by atoms with Crippen molar-refractivity contribution in [3.05, 3.63) is 28.5 Å². The molecular formula is C14H16F3N3S. The predicted molar refractivity (Wildman–Crippen MR) is 77.7 cm³/mol. The van der Waals surface area contributed by atoms with E-state index in [1.807, 2.05) is 4.57 Å². The lowest BCUT2D eigenvalue weighted by atomic mass is 10.1. The molecule has 1 saturated heterocycles. The van der Waals surface area contributed by atoms with E-state index in [4.69, 9.17) is 12.2 Å². The number of hydrogen-bond acceptors (Lipinski definition) is 2. The highest BCUT2D eigenvalue weighted by Gasteiger charge is 2.31. The van der Waals surface area contributed by atoms with Gasteiger partial charge < -0.3 is 14.5 Å². The van der Waals surface area contributed by atoms with Crippen LogP contribution in [-0.2, 0) is 12.7 Å². The average molecular weight is 315 g/mol. The maximum absolute atomic E-state index is 12.7. The number of nitrogens with one attached hydrogen (secondary N) is 1. The third-order valence-corrected chi connectivity index (χ3v) is 4.35. The zero-order chi connectivity index (χ0) is 15.2. The normalized spacial score (nSPS) is 20.5. The number of aromatic nitrogens is 2. The van der Waals surface area contributed by atoms with E-state index in [-0.39, 0.29) is 0 Å². The summed E-state index contributed by atoms with van der Waals surface area (Å²) in [4.78, 5) is 5.14. The van der Waals surface area contributed by atoms with Crippen molar-refractivity contribution in [2.45, 2.75) is 19.1 Å². The minimum absolute atomic E-state index is 0.446. The molecule has 3 nitrogen and oxygen atoms in total. The second-order valence-corrected chi connectivity index (χ2v) is 6.07. The Hall–Kier alpha value is -1.34. The molecule has 1 aliphatic heterocycles. The molecule has 0 bridgehead atoms. The summed E-state index contributed by atoms with van der Waals surface area (Å²) in [7, 11) is 2.07. The Bertz CT molecular complexity index is 716. The summed E-state index contributed by atoms with van der Waals surface area (Å²) in [5.74, 6) is 0.489. The highest BCUT2D eigenvalue weighted by Crippen LogP contribution is 2.31. The lowest BCUT2D eigenvalue weighted by Crippen LogP contribution is -2.17. The van der Waals surface area contributed by atoms with Gasteiger partial charge in [-0.3, -0.25) is 0 Å². The first-order valence-corrected chi connectivity index (χ1v) is 7.24. The Balaban J connectivity index is 1.96. The maximum Gasteiger partial charge on any atom is 0.416 e. The Morgan fingerprint density at radius 1 is 1.38 bits per heavy atom. The lowest BCUT2D eigenvalue weighted by Gasteiger charge is -2.12. The molecule has 1 aromatic heterocycles. The van der Waals surface area contributed by atoms with Gasteiger partial charge in [0, 0.05) is 13.1 Å². The van der Waals surface area contributed by atoms with Crippen LogP contribution in [0.3, 0.4) is 0 Å². The number of fused-ring (bicyclic) bond motifs is 1. The van der Waals surface area contributed by atoms with Crippen LogP contribution in [0.5, 0.6) is 0 Å². The number of hydrogen-bond donors (Lipinski definition) is 1. The second kappa shape index (κ2) is 5.14. The molecule has 1 aliphatic rings. The van der Waals surface area contributed by atoms with Gasteiger partial charge in [-0.2, -0.15) is 13.2 Å². The number of H-pyrrole nitrogens is 1. The molecule has 1 N–H and O–H groups in total. The van der Waals surface area contributed by atoms with E-state index in [1.54, 1.807) is 0 Å². The molecule has 1 fully saturated rings. The molecule has 2 aromatic rings. The first-order chi connectivity index (χ1) is 9.84. The first-order valence-electron chi connectivity index (χ1n) is 6.83. The van der Waals surface area contributed by atoms with Gasteiger partial charge in [0.05, 0.1) is 16.6 Å². The number of likely N-dealkylation sites (tertiary alicyclic amines) is 1. The lowest BCUT2D eigenvalue weighted by molar-refractivity contribution is -0.137. The summed E-state index contributed by atoms with van der Waals surface area (Å²) in [5.41, 5.74) is 0.530. The fraction of sp³-hybridized carbons (Fsp3) is 0.500. The van der Waals surface area contributed by atoms with Crippen molar-refractivity contribution in [2.24, 2.45) is 5.92 Å². The van der Waals surface area contributed by atoms with Gasteiger partial charge in [0.15, 0.2) is 4.77 Å². The third-order valence-electron chi connectivity index (χ3n) is 4.03. The highest BCUT2D eigenvalue weighted by molar-refractivity contribution is 7.71. The number of nitrogens with zero attached hydrogens (tertiary/aromatic N) is 2. The molecule has 3 rings (SSSR count). The van der Waals surface area contributed by atoms with E-state index < -0.39 is 11.7 Å². The van der Waals surface area contributed by atoms with Crippen LogP contribution in [0.4, 0.5) is 13.2 Å². The Kier molecular flexibility index (Phi) is 3.57. The van der Waals surface area contributed by atoms with Gasteiger partial charge in [-0.05, 0) is 56.3 Å². The average Bonchev–Trinajstić information content (AvgIpc) is 2.93. The molecule has 0 amide bonds. The summed E-state index contributed by atoms with van der Waals surface area (Å²) in [6.45, 7) is 2.79. The van der Waals surface area contributed by atoms with E-state index in [0.29, 0.717) is 16.2 Å². The van der Waals surface area contributed by atoms with Crippen LogP contribution in [0, 0.1) is 10.7 Å². The smallest absolute Gasteiger partial charge is 0.331 e. The molecule has 0 spiro atoms. The minimum atomic E-state index is -4.33. The van der Waals surface area contributed by atoms with Crippen molar-refractivity contribution >= 4 is 23.3 Å². The van der Waals surface area contributed by atoms with Crippen molar-refractivity contribution in [2.75, 3.05) is 20.1 Å². The number of aromatic amines is 1. The fourth-order valence-corrected chi connectivity index (χ4v) is 3.24. The van der Waals surface area contributed by atoms with Crippen molar-refractivity contribution in [3.8, 4) is 0 Å². The summed E-state index contributed by atoms with van der Waals surface area (Å²) in [6, 6.07) is 3.74. The van der Waals surface area contributed by atoms with E-state index in [9.17, 15) is 13.2 Å². The molecule has 0 aliphatic carbocycles. The van der Waals surface area contributed by atoms with Gasteiger partial charge in [0.25, 0.3) is 0 Å². The monoisotopic (exact) mass is 315 g/mol. The number of benzene rings is 1. The van der Waals surface area contributed by atoms with E-state index in [2.05, 4.69) is 16.9 Å². The molecule has 1 aromatic carbocycles. The van der Waals surface area contributed by atoms with Crippen LogP contribution >= 0.6 is 12.2 Å². The van der Waals surface area contributed by atoms with Gasteiger partial charge in [0.2, 0.25) is 0 Å². The zero-order valence-electron chi connectivity index (χ0n) is 11.6. The van der Waals surface area contributed by atoms with Gasteiger partial charge in [-0.25, -0.2) is 0 Å². The molecule has 1 atom stereocenters. The summed E-state index contributed by atoms with van der Waals surface area (Å²) in [5, 5.41) is 0. The van der Waals surface area contributed by atoms with Crippen LogP contribution < -0.4 is 0 Å². The van der Waals surface area contributed by atoms with Crippen LogP contribution in [0.2, 0.25) is 0 Å². The third kappa shape index (κ3) is 2.85. The quantitative estimate of drug-likeness (QED) is 0.855. The van der Waals surface area contributed by atoms with Crippen LogP contribution in [0.15, 0.2) is 18.2 Å². The van der Waals surface area contributed by atoms with Gasteiger partial charge in [-0.15, -0.1) is 0 Å².